The van der Waals surface area contributed by atoms with Gasteiger partial charge in [0.15, 0.2) is 13.7 Å². The summed E-state index contributed by atoms with van der Waals surface area (Å²) in [6.45, 7) is 6.67. The predicted octanol–water partition coefficient (Wildman–Crippen LogP) is 3.09. The normalized spacial score (nSPS) is 17.4. The molecule has 0 spiro atoms. The summed E-state index contributed by atoms with van der Waals surface area (Å²) in [5.74, 6) is 0.555. The van der Waals surface area contributed by atoms with E-state index in [1.807, 2.05) is 36.4 Å². The molecule has 1 saturated heterocycles. The fourth-order valence-electron chi connectivity index (χ4n) is 5.91. The van der Waals surface area contributed by atoms with Crippen LogP contribution in [0.3, 0.4) is 0 Å². The Morgan fingerprint density at radius 1 is 1.04 bits per heavy atom. The van der Waals surface area contributed by atoms with E-state index in [2.05, 4.69) is 14.7 Å². The topological polar surface area (TPSA) is 191 Å². The molecule has 264 valence electrons. The average molecular weight is 695 g/mol. The van der Waals surface area contributed by atoms with Gasteiger partial charge in [-0.3, -0.25) is 9.69 Å². The molecule has 48 heavy (non-hydrogen) atoms. The number of aromatic amines is 1. The standard InChI is InChI=1S/C30H43N7O10S/c1-6-9-21-18-34(8-3)28-27(21)31-29(32-30(28)38)25-17-24(10-11-26(25)45-14-7-2)48(42,43)35-19-22(12-15-46-36(39)40)33(4)23(20-35)13-16-47-37(41)44-5/h10-11,17-18,22-23H,6-9,12-16,19-20H2,1-5H3/p+1/t22-,23-/m0/s1. The molecule has 1 aromatic carbocycles. The van der Waals surface area contributed by atoms with Gasteiger partial charge >= 0.3 is 5.09 Å². The fourth-order valence-corrected chi connectivity index (χ4v) is 7.45. The van der Waals surface area contributed by atoms with E-state index in [9.17, 15) is 28.2 Å². The lowest BCUT2D eigenvalue weighted by Crippen LogP contribution is -2.58. The van der Waals surface area contributed by atoms with Crippen LogP contribution in [0, 0.1) is 15.0 Å². The quantitative estimate of drug-likeness (QED) is 0.151. The molecule has 2 atom stereocenters. The van der Waals surface area contributed by atoms with Crippen LogP contribution in [0.4, 0.5) is 0 Å². The highest BCUT2D eigenvalue weighted by Gasteiger charge is 2.38. The molecule has 1 aliphatic rings. The van der Waals surface area contributed by atoms with Crippen LogP contribution in [0.25, 0.3) is 22.4 Å². The van der Waals surface area contributed by atoms with Crippen LogP contribution in [0.5, 0.6) is 5.75 Å². The van der Waals surface area contributed by atoms with Gasteiger partial charge in [0, 0.05) is 44.3 Å². The Balaban J connectivity index is 1.75. The highest BCUT2D eigenvalue weighted by atomic mass is 32.2. The van der Waals surface area contributed by atoms with Gasteiger partial charge in [-0.15, -0.1) is 10.1 Å². The second-order valence-electron chi connectivity index (χ2n) is 11.5. The Bertz CT molecular complexity index is 1760. The van der Waals surface area contributed by atoms with Crippen molar-refractivity contribution >= 4 is 21.1 Å². The lowest BCUT2D eigenvalue weighted by molar-refractivity contribution is -0.977. The third-order valence-electron chi connectivity index (χ3n) is 8.39. The zero-order valence-electron chi connectivity index (χ0n) is 27.9. The van der Waals surface area contributed by atoms with Crippen molar-refractivity contribution in [2.24, 2.45) is 0 Å². The van der Waals surface area contributed by atoms with Gasteiger partial charge in [-0.25, -0.2) is 13.4 Å². The lowest BCUT2D eigenvalue weighted by atomic mass is 10.0. The fraction of sp³-hybridized carbons (Fsp3) is 0.600. The van der Waals surface area contributed by atoms with E-state index in [0.717, 1.165) is 25.5 Å². The number of sulfonamides is 1. The molecular formula is C30H44N7O10S+. The van der Waals surface area contributed by atoms with Gasteiger partial charge in [-0.2, -0.15) is 14.0 Å². The van der Waals surface area contributed by atoms with E-state index in [4.69, 9.17) is 14.6 Å². The zero-order chi connectivity index (χ0) is 35.0. The van der Waals surface area contributed by atoms with E-state index in [1.165, 1.54) is 16.4 Å². The van der Waals surface area contributed by atoms with Crippen LogP contribution in [0.1, 0.15) is 52.0 Å². The van der Waals surface area contributed by atoms with Crippen LogP contribution in [0.15, 0.2) is 34.1 Å². The molecule has 1 aliphatic heterocycles. The summed E-state index contributed by atoms with van der Waals surface area (Å²) in [6.07, 6.45) is 4.63. The Kier molecular flexibility index (Phi) is 12.3. The molecule has 1 fully saturated rings. The Hall–Kier alpha value is -4.29. The minimum atomic E-state index is -4.16. The van der Waals surface area contributed by atoms with Gasteiger partial charge in [-0.05, 0) is 57.0 Å². The number of benzene rings is 1. The van der Waals surface area contributed by atoms with Crippen LogP contribution >= 0.6 is 0 Å². The number of nitrogens with zero attached hydrogens (tertiary/aromatic N) is 6. The molecule has 3 heterocycles. The summed E-state index contributed by atoms with van der Waals surface area (Å²) in [4.78, 5) is 59.2. The summed E-state index contributed by atoms with van der Waals surface area (Å²) in [5, 5.41) is 9.86. The number of piperazine rings is 1. The number of fused-ring (bicyclic) bond motifs is 1. The van der Waals surface area contributed by atoms with Crippen molar-refractivity contribution in [3.8, 4) is 17.1 Å². The van der Waals surface area contributed by atoms with Gasteiger partial charge < -0.3 is 19.1 Å². The largest absolute Gasteiger partial charge is 0.493 e. The van der Waals surface area contributed by atoms with Crippen LogP contribution in [-0.2, 0) is 37.5 Å². The first-order chi connectivity index (χ1) is 22.9. The van der Waals surface area contributed by atoms with Gasteiger partial charge in [0.05, 0.1) is 29.2 Å². The second-order valence-corrected chi connectivity index (χ2v) is 13.4. The van der Waals surface area contributed by atoms with Gasteiger partial charge in [0.2, 0.25) is 10.0 Å². The number of rotatable bonds is 18. The maximum atomic E-state index is 14.3. The molecule has 17 nitrogen and oxygen atoms in total. The third kappa shape index (κ3) is 8.22. The number of ether oxygens (including phenoxy) is 1. The number of hydrogen-bond acceptors (Lipinski definition) is 12. The van der Waals surface area contributed by atoms with E-state index < -0.39 is 27.2 Å². The maximum Gasteiger partial charge on any atom is 0.477 e. The Labute approximate surface area is 278 Å². The molecular weight excluding hydrogens is 650 g/mol. The molecule has 3 aromatic rings. The molecule has 0 aliphatic carbocycles. The van der Waals surface area contributed by atoms with E-state index in [1.54, 1.807) is 13.1 Å². The molecule has 0 saturated carbocycles. The highest BCUT2D eigenvalue weighted by molar-refractivity contribution is 7.89. The van der Waals surface area contributed by atoms with Crippen molar-refractivity contribution in [2.75, 3.05) is 47.1 Å². The molecule has 18 heteroatoms. The summed E-state index contributed by atoms with van der Waals surface area (Å²) in [5.41, 5.74) is 1.91. The summed E-state index contributed by atoms with van der Waals surface area (Å²) >= 11 is 0. The number of aromatic nitrogens is 3. The van der Waals surface area contributed by atoms with Gasteiger partial charge in [0.1, 0.15) is 22.0 Å². The maximum absolute atomic E-state index is 14.3. The van der Waals surface area contributed by atoms with E-state index in [-0.39, 0.29) is 60.5 Å². The van der Waals surface area contributed by atoms with Crippen molar-refractivity contribution in [3.63, 3.8) is 0 Å². The van der Waals surface area contributed by atoms with Crippen LogP contribution in [-0.4, -0.2) is 101 Å². The minimum Gasteiger partial charge on any atom is -0.493 e. The molecule has 0 unspecified atom stereocenters. The monoisotopic (exact) mass is 694 g/mol. The highest BCUT2D eigenvalue weighted by Crippen LogP contribution is 2.34. The van der Waals surface area contributed by atoms with Crippen LogP contribution in [0.2, 0.25) is 0 Å². The molecule has 2 aromatic heterocycles. The Morgan fingerprint density at radius 3 is 2.33 bits per heavy atom. The van der Waals surface area contributed by atoms with E-state index in [0.29, 0.717) is 41.9 Å². The van der Waals surface area contributed by atoms with Crippen molar-refractivity contribution in [1.29, 1.82) is 0 Å². The third-order valence-corrected chi connectivity index (χ3v) is 10.2. The first kappa shape index (κ1) is 36.5. The molecule has 0 amide bonds. The van der Waals surface area contributed by atoms with Gasteiger partial charge in [0.25, 0.3) is 10.6 Å². The number of aryl methyl sites for hydroxylation is 2. The first-order valence-electron chi connectivity index (χ1n) is 16.0. The molecule has 0 radical (unpaired) electrons. The second kappa shape index (κ2) is 16.2. The van der Waals surface area contributed by atoms with Crippen molar-refractivity contribution in [3.05, 3.63) is 55.3 Å². The number of likely N-dealkylation sites (N-methyl/N-ethyl adjacent to an activating group) is 1. The lowest BCUT2D eigenvalue weighted by Gasteiger charge is -2.44. The smallest absolute Gasteiger partial charge is 0.477 e. The summed E-state index contributed by atoms with van der Waals surface area (Å²) in [7, 11) is -1.22. The molecule has 4 rings (SSSR count). The summed E-state index contributed by atoms with van der Waals surface area (Å²) in [6, 6.07) is 3.60. The van der Waals surface area contributed by atoms with E-state index >= 15 is 0 Å². The minimum absolute atomic E-state index is 0.0262. The zero-order valence-corrected chi connectivity index (χ0v) is 28.7. The molecule has 1 N–H and O–H groups in total. The SMILES string of the molecule is CCCOc1ccc(S(=O)(=O)N2C[C@H](CCO[N+](=O)[O-])N(C)[C@@H](CCO[N+](=O)OC)C2)cc1-c1nc2c(CCC)cn(CC)c2c(=O)[nH]1. The van der Waals surface area contributed by atoms with Gasteiger partial charge in [-0.1, -0.05) is 20.3 Å². The number of hydrogen-bond donors (Lipinski definition) is 1. The summed E-state index contributed by atoms with van der Waals surface area (Å²) < 4.78 is 37.7. The first-order valence-corrected chi connectivity index (χ1v) is 17.4. The van der Waals surface area contributed by atoms with Crippen molar-refractivity contribution in [1.82, 2.24) is 23.7 Å². The van der Waals surface area contributed by atoms with Crippen molar-refractivity contribution in [2.45, 2.75) is 76.4 Å². The predicted molar refractivity (Wildman–Crippen MR) is 174 cm³/mol. The van der Waals surface area contributed by atoms with Crippen LogP contribution < -0.4 is 10.3 Å². The van der Waals surface area contributed by atoms with Crippen molar-refractivity contribution < 1.29 is 37.8 Å². The molecule has 0 bridgehead atoms. The Morgan fingerprint density at radius 2 is 1.73 bits per heavy atom. The number of nitrogens with one attached hydrogen (secondary N) is 1. The average Bonchev–Trinajstić information content (AvgIpc) is 3.42. The number of H-pyrrole nitrogens is 1.